The molecule has 5 heteroatoms. The first kappa shape index (κ1) is 24.7. The molecule has 0 aliphatic carbocycles. The summed E-state index contributed by atoms with van der Waals surface area (Å²) in [6, 6.07) is 3.62. The van der Waals surface area contributed by atoms with Gasteiger partial charge in [-0.2, -0.15) is 0 Å². The van der Waals surface area contributed by atoms with Crippen molar-refractivity contribution in [2.75, 3.05) is 0 Å². The zero-order valence-corrected chi connectivity index (χ0v) is 20.5. The quantitative estimate of drug-likeness (QED) is 0.441. The van der Waals surface area contributed by atoms with Gasteiger partial charge >= 0.3 is 0 Å². The minimum atomic E-state index is -0.292. The number of aromatic hydroxyl groups is 1. The molecule has 0 atom stereocenters. The smallest absolute Gasteiger partial charge is 0.202 e. The zero-order chi connectivity index (χ0) is 23.6. The van der Waals surface area contributed by atoms with Crippen molar-refractivity contribution in [1.29, 1.82) is 5.41 Å². The first-order chi connectivity index (χ1) is 14.3. The number of benzene rings is 1. The van der Waals surface area contributed by atoms with E-state index in [2.05, 4.69) is 19.9 Å². The third kappa shape index (κ3) is 5.78. The Hall–Kier alpha value is -2.56. The van der Waals surface area contributed by atoms with Crippen LogP contribution >= 0.6 is 0 Å². The molecule has 0 amide bonds. The molecular formula is C26H39N3O2. The van der Waals surface area contributed by atoms with Crippen molar-refractivity contribution in [3.05, 3.63) is 58.5 Å². The Morgan fingerprint density at radius 3 is 1.90 bits per heavy atom. The molecule has 1 aromatic carbocycles. The molecule has 0 aliphatic heterocycles. The lowest BCUT2D eigenvalue weighted by Crippen LogP contribution is -2.27. The molecule has 0 aliphatic rings. The van der Waals surface area contributed by atoms with E-state index in [4.69, 9.17) is 5.41 Å². The summed E-state index contributed by atoms with van der Waals surface area (Å²) in [6.07, 6.45) is 7.83. The summed E-state index contributed by atoms with van der Waals surface area (Å²) in [6.45, 7) is 17.2. The number of nitrogens with one attached hydrogen (secondary N) is 1. The first-order valence-electron chi connectivity index (χ1n) is 11.2. The van der Waals surface area contributed by atoms with Crippen molar-refractivity contribution < 1.29 is 9.90 Å². The van der Waals surface area contributed by atoms with Gasteiger partial charge in [-0.1, -0.05) is 67.0 Å². The standard InChI is InChI=1S/C26H39N3O2/c1-9-18(10-2)11-12-28-13-14-29(24(28)27)17-22(30)19-15-20(25(3,4)5)23(31)21(16-19)26(6,7)8/h11,13-16,27,31H,9-10,12,17H2,1-8H3. The molecule has 0 saturated carbocycles. The van der Waals surface area contributed by atoms with Crippen LogP contribution < -0.4 is 5.62 Å². The lowest BCUT2D eigenvalue weighted by atomic mass is 9.78. The highest BCUT2D eigenvalue weighted by atomic mass is 16.3. The molecule has 0 saturated heterocycles. The summed E-state index contributed by atoms with van der Waals surface area (Å²) in [4.78, 5) is 13.2. The van der Waals surface area contributed by atoms with Gasteiger partial charge < -0.3 is 14.2 Å². The number of aromatic nitrogens is 2. The maximum atomic E-state index is 13.2. The van der Waals surface area contributed by atoms with Crippen LogP contribution in [0.2, 0.25) is 0 Å². The van der Waals surface area contributed by atoms with Gasteiger partial charge in [0, 0.05) is 35.6 Å². The van der Waals surface area contributed by atoms with E-state index in [-0.39, 0.29) is 28.9 Å². The Kier molecular flexibility index (Phi) is 7.40. The molecule has 5 nitrogen and oxygen atoms in total. The predicted octanol–water partition coefficient (Wildman–Crippen LogP) is 5.70. The SMILES string of the molecule is CCC(=CCn1ccn(CC(=O)c2cc(C(C)(C)C)c(O)c(C(C)(C)C)c2)c1=N)CC. The van der Waals surface area contributed by atoms with Crippen LogP contribution in [0.5, 0.6) is 5.75 Å². The van der Waals surface area contributed by atoms with Gasteiger partial charge in [0.05, 0.1) is 6.54 Å². The van der Waals surface area contributed by atoms with Crippen LogP contribution in [-0.2, 0) is 23.9 Å². The molecule has 2 aromatic rings. The first-order valence-corrected chi connectivity index (χ1v) is 11.2. The Balaban J connectivity index is 2.39. The number of nitrogens with zero attached hydrogens (tertiary/aromatic N) is 2. The topological polar surface area (TPSA) is 71.0 Å². The highest BCUT2D eigenvalue weighted by Gasteiger charge is 2.27. The minimum Gasteiger partial charge on any atom is -0.507 e. The van der Waals surface area contributed by atoms with Gasteiger partial charge in [-0.3, -0.25) is 10.2 Å². The molecule has 1 aromatic heterocycles. The number of rotatable bonds is 7. The fourth-order valence-electron chi connectivity index (χ4n) is 3.69. The predicted molar refractivity (Wildman–Crippen MR) is 127 cm³/mol. The summed E-state index contributed by atoms with van der Waals surface area (Å²) in [7, 11) is 0. The van der Waals surface area contributed by atoms with Crippen molar-refractivity contribution in [2.45, 2.75) is 92.2 Å². The van der Waals surface area contributed by atoms with Crippen LogP contribution in [0.25, 0.3) is 0 Å². The summed E-state index contributed by atoms with van der Waals surface area (Å²) < 4.78 is 3.52. The van der Waals surface area contributed by atoms with Crippen molar-refractivity contribution in [1.82, 2.24) is 9.13 Å². The monoisotopic (exact) mass is 425 g/mol. The Bertz CT molecular complexity index is 983. The van der Waals surface area contributed by atoms with Gasteiger partial charge in [0.25, 0.3) is 0 Å². The number of hydrogen-bond donors (Lipinski definition) is 2. The van der Waals surface area contributed by atoms with E-state index in [0.717, 1.165) is 24.0 Å². The Labute approximate surface area is 186 Å². The van der Waals surface area contributed by atoms with Crippen molar-refractivity contribution in [3.63, 3.8) is 0 Å². The summed E-state index contributed by atoms with van der Waals surface area (Å²) in [5.74, 6) is 0.205. The number of carbonyl (C=O) groups is 1. The van der Waals surface area contributed by atoms with E-state index in [9.17, 15) is 9.90 Å². The molecule has 1 heterocycles. The molecule has 0 bridgehead atoms. The summed E-state index contributed by atoms with van der Waals surface area (Å²) >= 11 is 0. The van der Waals surface area contributed by atoms with E-state index < -0.39 is 0 Å². The van der Waals surface area contributed by atoms with Crippen LogP contribution in [-0.4, -0.2) is 20.0 Å². The number of imidazole rings is 1. The van der Waals surface area contributed by atoms with Crippen LogP contribution in [0, 0.1) is 5.41 Å². The van der Waals surface area contributed by atoms with E-state index in [1.54, 1.807) is 10.8 Å². The number of allylic oxidation sites excluding steroid dienone is 2. The molecule has 2 N–H and O–H groups in total. The summed E-state index contributed by atoms with van der Waals surface area (Å²) in [5.41, 5.74) is 3.21. The molecule has 0 unspecified atom stereocenters. The van der Waals surface area contributed by atoms with Gasteiger partial charge in [0.15, 0.2) is 5.78 Å². The number of phenols is 1. The Morgan fingerprint density at radius 2 is 1.45 bits per heavy atom. The molecule has 170 valence electrons. The largest absolute Gasteiger partial charge is 0.507 e. The van der Waals surface area contributed by atoms with Crippen molar-refractivity contribution in [2.24, 2.45) is 0 Å². The van der Waals surface area contributed by atoms with Gasteiger partial charge in [0.1, 0.15) is 5.75 Å². The normalized spacial score (nSPS) is 12.1. The van der Waals surface area contributed by atoms with Gasteiger partial charge in [0.2, 0.25) is 5.62 Å². The minimum absolute atomic E-state index is 0.0643. The fraction of sp³-hybridized carbons (Fsp3) is 0.538. The number of phenolic OH excluding ortho intramolecular Hbond substituents is 1. The third-order valence-electron chi connectivity index (χ3n) is 5.82. The second-order valence-electron chi connectivity index (χ2n) is 10.3. The number of ketones is 1. The molecule has 0 spiro atoms. The van der Waals surface area contributed by atoms with Crippen molar-refractivity contribution in [3.8, 4) is 5.75 Å². The third-order valence-corrected chi connectivity index (χ3v) is 5.82. The van der Waals surface area contributed by atoms with E-state index in [0.29, 0.717) is 17.7 Å². The second kappa shape index (κ2) is 9.29. The molecule has 0 fully saturated rings. The second-order valence-corrected chi connectivity index (χ2v) is 10.3. The average Bonchev–Trinajstić information content (AvgIpc) is 3.00. The number of Topliss-reactive ketones (excluding diaryl/α,β-unsaturated/α-hetero) is 1. The lowest BCUT2D eigenvalue weighted by Gasteiger charge is -2.28. The van der Waals surface area contributed by atoms with Crippen LogP contribution in [0.4, 0.5) is 0 Å². The van der Waals surface area contributed by atoms with Gasteiger partial charge in [-0.25, -0.2) is 0 Å². The van der Waals surface area contributed by atoms with Crippen LogP contribution in [0.15, 0.2) is 36.2 Å². The molecule has 31 heavy (non-hydrogen) atoms. The zero-order valence-electron chi connectivity index (χ0n) is 20.5. The highest BCUT2D eigenvalue weighted by molar-refractivity contribution is 5.96. The maximum Gasteiger partial charge on any atom is 0.202 e. The van der Waals surface area contributed by atoms with Gasteiger partial charge in [-0.05, 0) is 35.8 Å². The van der Waals surface area contributed by atoms with E-state index in [1.165, 1.54) is 5.57 Å². The van der Waals surface area contributed by atoms with Crippen LogP contribution in [0.1, 0.15) is 89.7 Å². The van der Waals surface area contributed by atoms with Crippen molar-refractivity contribution >= 4 is 5.78 Å². The molecular weight excluding hydrogens is 386 g/mol. The number of hydrogen-bond acceptors (Lipinski definition) is 3. The van der Waals surface area contributed by atoms with Crippen LogP contribution in [0.3, 0.4) is 0 Å². The fourth-order valence-corrected chi connectivity index (χ4v) is 3.69. The maximum absolute atomic E-state index is 13.2. The summed E-state index contributed by atoms with van der Waals surface area (Å²) in [5, 5.41) is 19.4. The lowest BCUT2D eigenvalue weighted by molar-refractivity contribution is 0.0970. The van der Waals surface area contributed by atoms with Gasteiger partial charge in [-0.15, -0.1) is 0 Å². The average molecular weight is 426 g/mol. The van der Waals surface area contributed by atoms with E-state index in [1.807, 2.05) is 64.4 Å². The molecule has 2 rings (SSSR count). The van der Waals surface area contributed by atoms with E-state index >= 15 is 0 Å². The Morgan fingerprint density at radius 1 is 0.968 bits per heavy atom. The molecule has 0 radical (unpaired) electrons. The number of carbonyl (C=O) groups excluding carboxylic acids is 1. The highest BCUT2D eigenvalue weighted by Crippen LogP contribution is 2.39.